The van der Waals surface area contributed by atoms with Crippen LogP contribution in [0.3, 0.4) is 0 Å². The van der Waals surface area contributed by atoms with Gasteiger partial charge in [0.15, 0.2) is 5.75 Å². The van der Waals surface area contributed by atoms with E-state index in [-0.39, 0.29) is 5.69 Å². The number of azo groups is 2. The summed E-state index contributed by atoms with van der Waals surface area (Å²) in [6.45, 7) is 4.87. The van der Waals surface area contributed by atoms with Crippen molar-refractivity contribution in [2.24, 2.45) is 20.5 Å². The Morgan fingerprint density at radius 2 is 1.35 bits per heavy atom. The molecule has 0 radical (unpaired) electrons. The molecule has 0 heterocycles. The molecular formula is C25H21N5O12S4. The highest BCUT2D eigenvalue weighted by atomic mass is 32.2. The number of nitrogens with two attached hydrogens (primary N) is 1. The van der Waals surface area contributed by atoms with Gasteiger partial charge < -0.3 is 15.7 Å². The van der Waals surface area contributed by atoms with Crippen LogP contribution in [0.15, 0.2) is 107 Å². The van der Waals surface area contributed by atoms with Gasteiger partial charge >= 0.3 is 0 Å². The molecule has 4 aromatic carbocycles. The number of fused-ring (bicyclic) bond motifs is 1. The van der Waals surface area contributed by atoms with Crippen molar-refractivity contribution < 1.29 is 53.2 Å². The molecule has 0 aliphatic heterocycles. The second kappa shape index (κ2) is 13.1. The number of anilines is 1. The Morgan fingerprint density at radius 3 is 1.91 bits per heavy atom. The summed E-state index contributed by atoms with van der Waals surface area (Å²) in [7, 11) is -15.2. The summed E-state index contributed by atoms with van der Waals surface area (Å²) in [5, 5.41) is 25.4. The average molecular weight is 712 g/mol. The van der Waals surface area contributed by atoms with Gasteiger partial charge in [-0.25, -0.2) is 0 Å². The van der Waals surface area contributed by atoms with E-state index in [9.17, 15) is 44.0 Å². The zero-order chi connectivity index (χ0) is 34.0. The van der Waals surface area contributed by atoms with Crippen LogP contribution < -0.4 is 5.73 Å². The van der Waals surface area contributed by atoms with Crippen molar-refractivity contribution in [1.82, 2.24) is 0 Å². The summed E-state index contributed by atoms with van der Waals surface area (Å²) in [5.41, 5.74) is 4.12. The van der Waals surface area contributed by atoms with Gasteiger partial charge in [0.1, 0.15) is 38.0 Å². The van der Waals surface area contributed by atoms with E-state index in [2.05, 4.69) is 31.9 Å². The molecule has 0 atom stereocenters. The Labute approximate surface area is 265 Å². The van der Waals surface area contributed by atoms with Gasteiger partial charge in [-0.05, 0) is 66.4 Å². The zero-order valence-electron chi connectivity index (χ0n) is 23.0. The lowest BCUT2D eigenvalue weighted by Gasteiger charge is -2.14. The van der Waals surface area contributed by atoms with E-state index < -0.39 is 84.3 Å². The van der Waals surface area contributed by atoms with Gasteiger partial charge in [0.25, 0.3) is 30.4 Å². The predicted molar refractivity (Wildman–Crippen MR) is 164 cm³/mol. The number of hydrogen-bond donors (Lipinski definition) is 5. The maximum absolute atomic E-state index is 12.3. The molecule has 6 N–H and O–H groups in total. The van der Waals surface area contributed by atoms with Gasteiger partial charge in [0, 0.05) is 4.90 Å². The highest BCUT2D eigenvalue weighted by Gasteiger charge is 2.28. The average Bonchev–Trinajstić information content (AvgIpc) is 2.95. The van der Waals surface area contributed by atoms with Crippen molar-refractivity contribution in [2.75, 3.05) is 5.73 Å². The molecule has 0 saturated carbocycles. The minimum atomic E-state index is -5.23. The van der Waals surface area contributed by atoms with Crippen LogP contribution in [0.1, 0.15) is 5.56 Å². The first-order chi connectivity index (χ1) is 21.4. The van der Waals surface area contributed by atoms with Gasteiger partial charge in [-0.3, -0.25) is 13.7 Å². The molecular weight excluding hydrogens is 691 g/mol. The standard InChI is InChI=1S/C25H21N5O12S4/c1-3-41-42-43-16-7-5-15(6-8-16)27-29-23-19(45(35,36)37)11-14-12-20(46(38,39)40)24(25(31)21(14)22(23)26)30-28-17-10-13(2)4-9-18(17)44(32,33)34/h3-12,31H,1,26H2,2H3,(H,32,33,34)(H,35,36,37)(H,38,39,40). The van der Waals surface area contributed by atoms with E-state index in [1.165, 1.54) is 24.3 Å². The lowest BCUT2D eigenvalue weighted by atomic mass is 10.1. The summed E-state index contributed by atoms with van der Waals surface area (Å²) in [6.07, 6.45) is 1.06. The van der Waals surface area contributed by atoms with E-state index in [1.54, 1.807) is 19.1 Å². The summed E-state index contributed by atoms with van der Waals surface area (Å²) in [4.78, 5) is 2.38. The molecule has 0 saturated heterocycles. The molecule has 0 unspecified atom stereocenters. The number of nitrogen functional groups attached to an aromatic ring is 1. The quantitative estimate of drug-likeness (QED) is 0.0172. The van der Waals surface area contributed by atoms with Gasteiger partial charge in [0.05, 0.1) is 28.8 Å². The first-order valence-electron chi connectivity index (χ1n) is 12.1. The first-order valence-corrected chi connectivity index (χ1v) is 17.2. The van der Waals surface area contributed by atoms with Crippen molar-refractivity contribution in [1.29, 1.82) is 0 Å². The van der Waals surface area contributed by atoms with Gasteiger partial charge in [-0.1, -0.05) is 12.6 Å². The van der Waals surface area contributed by atoms with E-state index in [1.807, 2.05) is 0 Å². The third kappa shape index (κ3) is 7.66. The molecule has 0 spiro atoms. The SMILES string of the molecule is C=COOSc1ccc(N=Nc2c(S(=O)(=O)O)cc3cc(S(=O)(=O)O)c(N=Nc4cc(C)ccc4S(=O)(=O)O)c(O)c3c2N)cc1. The van der Waals surface area contributed by atoms with E-state index >= 15 is 0 Å². The Balaban J connectivity index is 1.94. The Morgan fingerprint density at radius 1 is 0.783 bits per heavy atom. The highest BCUT2D eigenvalue weighted by Crippen LogP contribution is 2.48. The van der Waals surface area contributed by atoms with Crippen LogP contribution in [-0.4, -0.2) is 44.0 Å². The third-order valence-electron chi connectivity index (χ3n) is 5.86. The fourth-order valence-electron chi connectivity index (χ4n) is 3.89. The van der Waals surface area contributed by atoms with Crippen molar-refractivity contribution in [3.8, 4) is 5.75 Å². The molecule has 17 nitrogen and oxygen atoms in total. The number of phenolic OH excluding ortho intramolecular Hbond substituents is 1. The van der Waals surface area contributed by atoms with Crippen LogP contribution in [0.25, 0.3) is 10.8 Å². The van der Waals surface area contributed by atoms with Crippen molar-refractivity contribution in [3.63, 3.8) is 0 Å². The Kier molecular flexibility index (Phi) is 9.79. The minimum Gasteiger partial charge on any atom is -0.505 e. The van der Waals surface area contributed by atoms with E-state index in [0.717, 1.165) is 30.4 Å². The summed E-state index contributed by atoms with van der Waals surface area (Å²) in [6, 6.07) is 10.9. The number of hydrogen-bond acceptors (Lipinski definition) is 15. The maximum Gasteiger partial charge on any atom is 0.296 e. The number of aromatic hydroxyl groups is 1. The van der Waals surface area contributed by atoms with Crippen LogP contribution in [0.4, 0.5) is 28.4 Å². The lowest BCUT2D eigenvalue weighted by molar-refractivity contribution is -0.129. The monoisotopic (exact) mass is 711 g/mol. The normalized spacial score (nSPS) is 12.7. The second-order valence-electron chi connectivity index (χ2n) is 9.01. The van der Waals surface area contributed by atoms with Crippen molar-refractivity contribution in [2.45, 2.75) is 26.5 Å². The molecule has 0 amide bonds. The van der Waals surface area contributed by atoms with Gasteiger partial charge in [0.2, 0.25) is 0 Å². The fourth-order valence-corrected chi connectivity index (χ4v) is 6.25. The molecule has 0 aromatic heterocycles. The molecule has 46 heavy (non-hydrogen) atoms. The minimum absolute atomic E-state index is 0.169. The molecule has 0 aliphatic carbocycles. The first kappa shape index (κ1) is 34.4. The van der Waals surface area contributed by atoms with Crippen molar-refractivity contribution in [3.05, 3.63) is 73.0 Å². The highest BCUT2D eigenvalue weighted by molar-refractivity contribution is 7.94. The fraction of sp³-hybridized carbons (Fsp3) is 0.0400. The number of phenols is 1. The van der Waals surface area contributed by atoms with E-state index in [0.29, 0.717) is 16.5 Å². The van der Waals surface area contributed by atoms with Crippen LogP contribution in [-0.2, 0) is 39.6 Å². The third-order valence-corrected chi connectivity index (χ3v) is 9.11. The summed E-state index contributed by atoms with van der Waals surface area (Å²) >= 11 is 0.843. The Bertz CT molecular complexity index is 2260. The molecule has 4 aromatic rings. The molecule has 0 bridgehead atoms. The number of rotatable bonds is 11. The number of nitrogens with zero attached hydrogens (tertiary/aromatic N) is 4. The van der Waals surface area contributed by atoms with Crippen LogP contribution in [0.5, 0.6) is 5.75 Å². The topological polar surface area (TPSA) is 277 Å². The van der Waals surface area contributed by atoms with Gasteiger partial charge in [-0.15, -0.1) is 19.7 Å². The predicted octanol–water partition coefficient (Wildman–Crippen LogP) is 6.11. The lowest BCUT2D eigenvalue weighted by Crippen LogP contribution is -2.03. The smallest absolute Gasteiger partial charge is 0.296 e. The molecule has 4 rings (SSSR count). The van der Waals surface area contributed by atoms with Crippen LogP contribution >= 0.6 is 12.0 Å². The molecule has 242 valence electrons. The van der Waals surface area contributed by atoms with Crippen molar-refractivity contribution >= 4 is 81.6 Å². The number of aryl methyl sites for hydroxylation is 1. The maximum atomic E-state index is 12.3. The number of benzene rings is 4. The molecule has 21 heteroatoms. The van der Waals surface area contributed by atoms with Gasteiger partial charge in [-0.2, -0.15) is 30.4 Å². The summed E-state index contributed by atoms with van der Waals surface area (Å²) in [5.74, 6) is -1.06. The second-order valence-corrected chi connectivity index (χ2v) is 14.0. The van der Waals surface area contributed by atoms with E-state index in [4.69, 9.17) is 10.1 Å². The Hall–Kier alpha value is -4.48. The molecule has 0 aliphatic rings. The van der Waals surface area contributed by atoms with Crippen LogP contribution in [0, 0.1) is 6.92 Å². The zero-order valence-corrected chi connectivity index (χ0v) is 26.3. The largest absolute Gasteiger partial charge is 0.505 e. The van der Waals surface area contributed by atoms with Crippen LogP contribution in [0.2, 0.25) is 0 Å². The summed E-state index contributed by atoms with van der Waals surface area (Å²) < 4.78 is 107. The molecule has 0 fully saturated rings.